The Hall–Kier alpha value is -2.07. The van der Waals surface area contributed by atoms with Crippen LogP contribution in [0.3, 0.4) is 0 Å². The maximum Gasteiger partial charge on any atom is 0.230 e. The maximum absolute atomic E-state index is 11.8. The van der Waals surface area contributed by atoms with Crippen molar-refractivity contribution in [1.29, 1.82) is 0 Å². The summed E-state index contributed by atoms with van der Waals surface area (Å²) < 4.78 is 0. The van der Waals surface area contributed by atoms with Crippen LogP contribution in [-0.4, -0.2) is 10.9 Å². The molecule has 0 atom stereocenters. The predicted molar refractivity (Wildman–Crippen MR) is 72.4 cm³/mol. The highest BCUT2D eigenvalue weighted by molar-refractivity contribution is 6.31. The first-order chi connectivity index (χ1) is 8.66. The summed E-state index contributed by atoms with van der Waals surface area (Å²) in [5.41, 5.74) is 6.89. The second-order valence-electron chi connectivity index (χ2n) is 3.76. The summed E-state index contributed by atoms with van der Waals surface area (Å²) in [6.45, 7) is 0. The van der Waals surface area contributed by atoms with E-state index in [0.717, 1.165) is 5.56 Å². The minimum absolute atomic E-state index is 0.190. The van der Waals surface area contributed by atoms with Crippen molar-refractivity contribution in [3.8, 4) is 0 Å². The number of nitrogens with one attached hydrogen (secondary N) is 1. The van der Waals surface area contributed by atoms with Crippen molar-refractivity contribution in [2.75, 3.05) is 11.1 Å². The fourth-order valence-electron chi connectivity index (χ4n) is 1.51. The van der Waals surface area contributed by atoms with Crippen molar-refractivity contribution >= 4 is 29.0 Å². The van der Waals surface area contributed by atoms with Crippen molar-refractivity contribution in [3.05, 3.63) is 53.2 Å². The topological polar surface area (TPSA) is 68.0 Å². The fraction of sp³-hybridized carbons (Fsp3) is 0.0769. The van der Waals surface area contributed by atoms with Crippen molar-refractivity contribution < 1.29 is 4.79 Å². The molecule has 92 valence electrons. The van der Waals surface area contributed by atoms with Gasteiger partial charge in [-0.1, -0.05) is 29.8 Å². The van der Waals surface area contributed by atoms with Crippen LogP contribution in [0.5, 0.6) is 0 Å². The number of aromatic nitrogens is 1. The van der Waals surface area contributed by atoms with E-state index in [1.165, 1.54) is 0 Å². The van der Waals surface area contributed by atoms with Gasteiger partial charge in [0, 0.05) is 11.2 Å². The molecule has 2 aromatic rings. The second kappa shape index (κ2) is 5.51. The number of pyridine rings is 1. The van der Waals surface area contributed by atoms with E-state index in [-0.39, 0.29) is 12.3 Å². The quantitative estimate of drug-likeness (QED) is 0.892. The van der Waals surface area contributed by atoms with Crippen LogP contribution in [0.4, 0.5) is 11.5 Å². The van der Waals surface area contributed by atoms with Gasteiger partial charge in [-0.2, -0.15) is 0 Å². The molecule has 4 nitrogen and oxygen atoms in total. The molecule has 1 amide bonds. The minimum atomic E-state index is -0.200. The first kappa shape index (κ1) is 12.4. The largest absolute Gasteiger partial charge is 0.396 e. The van der Waals surface area contributed by atoms with Crippen molar-refractivity contribution in [2.24, 2.45) is 0 Å². The monoisotopic (exact) mass is 261 g/mol. The van der Waals surface area contributed by atoms with E-state index in [0.29, 0.717) is 16.5 Å². The Balaban J connectivity index is 2.06. The standard InChI is InChI=1S/C13H12ClN3O/c14-10-5-2-1-4-9(10)8-12(18)17-13-11(15)6-3-7-16-13/h1-7H,8,15H2,(H,16,17,18). The molecule has 1 aromatic carbocycles. The van der Waals surface area contributed by atoms with Crippen LogP contribution in [0.1, 0.15) is 5.56 Å². The van der Waals surface area contributed by atoms with Gasteiger partial charge in [-0.3, -0.25) is 4.79 Å². The fourth-order valence-corrected chi connectivity index (χ4v) is 1.72. The number of halogens is 1. The molecule has 1 aromatic heterocycles. The van der Waals surface area contributed by atoms with Gasteiger partial charge in [-0.05, 0) is 23.8 Å². The van der Waals surface area contributed by atoms with Crippen molar-refractivity contribution in [1.82, 2.24) is 4.98 Å². The molecule has 0 aliphatic heterocycles. The zero-order chi connectivity index (χ0) is 13.0. The number of rotatable bonds is 3. The summed E-state index contributed by atoms with van der Waals surface area (Å²) >= 11 is 5.98. The van der Waals surface area contributed by atoms with Crippen LogP contribution in [0.15, 0.2) is 42.6 Å². The lowest BCUT2D eigenvalue weighted by atomic mass is 10.1. The zero-order valence-corrected chi connectivity index (χ0v) is 10.3. The molecule has 2 rings (SSSR count). The number of nitrogens with zero attached hydrogens (tertiary/aromatic N) is 1. The molecule has 0 fully saturated rings. The molecular weight excluding hydrogens is 250 g/mol. The molecule has 0 spiro atoms. The smallest absolute Gasteiger partial charge is 0.230 e. The highest BCUT2D eigenvalue weighted by Gasteiger charge is 2.08. The Morgan fingerprint density at radius 1 is 1.28 bits per heavy atom. The summed E-state index contributed by atoms with van der Waals surface area (Å²) in [5.74, 6) is 0.169. The SMILES string of the molecule is Nc1cccnc1NC(=O)Cc1ccccc1Cl. The van der Waals surface area contributed by atoms with E-state index in [1.54, 1.807) is 24.4 Å². The minimum Gasteiger partial charge on any atom is -0.396 e. The van der Waals surface area contributed by atoms with Gasteiger partial charge in [0.25, 0.3) is 0 Å². The Kier molecular flexibility index (Phi) is 3.79. The Bertz CT molecular complexity index is 522. The lowest BCUT2D eigenvalue weighted by Gasteiger charge is -2.07. The van der Waals surface area contributed by atoms with E-state index < -0.39 is 0 Å². The lowest BCUT2D eigenvalue weighted by Crippen LogP contribution is -2.16. The third kappa shape index (κ3) is 2.99. The van der Waals surface area contributed by atoms with Gasteiger partial charge in [-0.25, -0.2) is 4.98 Å². The predicted octanol–water partition coefficient (Wildman–Crippen LogP) is 2.50. The highest BCUT2D eigenvalue weighted by atomic mass is 35.5. The molecule has 0 unspecified atom stereocenters. The molecule has 0 aliphatic carbocycles. The van der Waals surface area contributed by atoms with Crippen LogP contribution in [0.2, 0.25) is 5.02 Å². The second-order valence-corrected chi connectivity index (χ2v) is 4.16. The highest BCUT2D eigenvalue weighted by Crippen LogP contribution is 2.17. The average Bonchev–Trinajstić information content (AvgIpc) is 2.35. The first-order valence-electron chi connectivity index (χ1n) is 5.40. The molecular formula is C13H12ClN3O. The number of amides is 1. The van der Waals surface area contributed by atoms with Gasteiger partial charge in [0.2, 0.25) is 5.91 Å². The van der Waals surface area contributed by atoms with E-state index in [2.05, 4.69) is 10.3 Å². The van der Waals surface area contributed by atoms with Crippen LogP contribution in [-0.2, 0) is 11.2 Å². The third-order valence-corrected chi connectivity index (χ3v) is 2.77. The molecule has 0 saturated heterocycles. The Morgan fingerprint density at radius 2 is 2.06 bits per heavy atom. The summed E-state index contributed by atoms with van der Waals surface area (Å²) in [6.07, 6.45) is 1.76. The molecule has 18 heavy (non-hydrogen) atoms. The van der Waals surface area contributed by atoms with E-state index >= 15 is 0 Å². The summed E-state index contributed by atoms with van der Waals surface area (Å²) in [5, 5.41) is 3.22. The number of nitrogens with two attached hydrogens (primary N) is 1. The number of nitrogen functional groups attached to an aromatic ring is 1. The Morgan fingerprint density at radius 3 is 2.78 bits per heavy atom. The van der Waals surface area contributed by atoms with Crippen LogP contribution >= 0.6 is 11.6 Å². The summed E-state index contributed by atoms with van der Waals surface area (Å²) in [6, 6.07) is 10.6. The van der Waals surface area contributed by atoms with E-state index in [9.17, 15) is 4.79 Å². The van der Waals surface area contributed by atoms with Crippen molar-refractivity contribution in [2.45, 2.75) is 6.42 Å². The molecule has 0 bridgehead atoms. The number of anilines is 2. The number of benzene rings is 1. The van der Waals surface area contributed by atoms with Gasteiger partial charge in [0.15, 0.2) is 5.82 Å². The van der Waals surface area contributed by atoms with Gasteiger partial charge in [0.1, 0.15) is 0 Å². The Labute approximate surface area is 110 Å². The maximum atomic E-state index is 11.8. The number of hydrogen-bond donors (Lipinski definition) is 2. The zero-order valence-electron chi connectivity index (χ0n) is 9.56. The summed E-state index contributed by atoms with van der Waals surface area (Å²) in [7, 11) is 0. The number of hydrogen-bond acceptors (Lipinski definition) is 3. The third-order valence-electron chi connectivity index (χ3n) is 2.41. The van der Waals surface area contributed by atoms with E-state index in [4.69, 9.17) is 17.3 Å². The lowest BCUT2D eigenvalue weighted by molar-refractivity contribution is -0.115. The van der Waals surface area contributed by atoms with Gasteiger partial charge < -0.3 is 11.1 Å². The molecule has 0 saturated carbocycles. The van der Waals surface area contributed by atoms with Gasteiger partial charge in [0.05, 0.1) is 12.1 Å². The van der Waals surface area contributed by atoms with Crippen LogP contribution in [0, 0.1) is 0 Å². The van der Waals surface area contributed by atoms with Crippen molar-refractivity contribution in [3.63, 3.8) is 0 Å². The molecule has 3 N–H and O–H groups in total. The van der Waals surface area contributed by atoms with Gasteiger partial charge in [-0.15, -0.1) is 0 Å². The molecule has 0 radical (unpaired) electrons. The van der Waals surface area contributed by atoms with E-state index in [1.807, 2.05) is 18.2 Å². The number of carbonyl (C=O) groups excluding carboxylic acids is 1. The molecule has 0 aliphatic rings. The molecule has 1 heterocycles. The van der Waals surface area contributed by atoms with Crippen LogP contribution < -0.4 is 11.1 Å². The average molecular weight is 262 g/mol. The normalized spacial score (nSPS) is 10.1. The summed E-state index contributed by atoms with van der Waals surface area (Å²) in [4.78, 5) is 15.8. The van der Waals surface area contributed by atoms with Gasteiger partial charge >= 0.3 is 0 Å². The molecule has 5 heteroatoms. The van der Waals surface area contributed by atoms with Crippen LogP contribution in [0.25, 0.3) is 0 Å². The first-order valence-corrected chi connectivity index (χ1v) is 5.78. The number of carbonyl (C=O) groups is 1.